The van der Waals surface area contributed by atoms with E-state index in [1.807, 2.05) is 54.6 Å². The normalized spacial score (nSPS) is 12.1. The summed E-state index contributed by atoms with van der Waals surface area (Å²) in [6.45, 7) is 0. The van der Waals surface area contributed by atoms with Gasteiger partial charge in [-0.1, -0.05) is 78.3 Å². The van der Waals surface area contributed by atoms with Gasteiger partial charge in [-0.25, -0.2) is 9.48 Å². The van der Waals surface area contributed by atoms with Crippen molar-refractivity contribution in [1.82, 2.24) is 15.1 Å². The molecule has 0 aliphatic heterocycles. The molecule has 2 N–H and O–H groups in total. The number of halogens is 4. The number of carboxylic acids is 1. The second-order valence-electron chi connectivity index (χ2n) is 9.51. The maximum Gasteiger partial charge on any atom is 0.416 e. The minimum atomic E-state index is -4.54. The van der Waals surface area contributed by atoms with Crippen molar-refractivity contribution in [3.8, 4) is 28.1 Å². The van der Waals surface area contributed by atoms with Gasteiger partial charge in [-0.2, -0.15) is 18.3 Å². The van der Waals surface area contributed by atoms with Crippen LogP contribution in [-0.2, 0) is 17.4 Å². The number of nitrogens with zero attached hydrogens (tertiary/aromatic N) is 2. The van der Waals surface area contributed by atoms with E-state index in [1.165, 1.54) is 22.9 Å². The van der Waals surface area contributed by atoms with Crippen LogP contribution < -0.4 is 5.32 Å². The smallest absolute Gasteiger partial charge is 0.416 e. The van der Waals surface area contributed by atoms with Gasteiger partial charge < -0.3 is 10.4 Å². The fraction of sp³-hybridized carbons (Fsp3) is 0.0938. The lowest BCUT2D eigenvalue weighted by Crippen LogP contribution is -2.43. The molecule has 0 saturated heterocycles. The standard InChI is InChI=1S/C32H23ClF3N3O3/c33-25-14-6-20(7-15-25)18-28(31(41)42)37-30(40)29-19-27(23-10-8-22(9-11-23)21-4-2-1-3-5-21)38-39(29)26-16-12-24(13-17-26)32(34,35)36/h1-17,19,28H,18H2,(H,37,40)(H,41,42). The minimum absolute atomic E-state index is 0.0134. The molecule has 0 aliphatic carbocycles. The number of carbonyl (C=O) groups is 2. The average Bonchev–Trinajstić information content (AvgIpc) is 3.44. The van der Waals surface area contributed by atoms with E-state index in [1.54, 1.807) is 24.3 Å². The Bertz CT molecular complexity index is 1700. The first kappa shape index (κ1) is 28.6. The molecule has 1 amide bonds. The lowest BCUT2D eigenvalue weighted by Gasteiger charge is -2.15. The Labute approximate surface area is 244 Å². The van der Waals surface area contributed by atoms with E-state index in [-0.39, 0.29) is 17.8 Å². The lowest BCUT2D eigenvalue weighted by atomic mass is 10.0. The highest BCUT2D eigenvalue weighted by Gasteiger charge is 2.30. The molecule has 0 bridgehead atoms. The second kappa shape index (κ2) is 11.9. The highest BCUT2D eigenvalue weighted by Crippen LogP contribution is 2.31. The molecule has 5 aromatic rings. The van der Waals surface area contributed by atoms with Crippen LogP contribution in [0.2, 0.25) is 5.02 Å². The average molecular weight is 590 g/mol. The number of alkyl halides is 3. The highest BCUT2D eigenvalue weighted by atomic mass is 35.5. The minimum Gasteiger partial charge on any atom is -0.480 e. The third-order valence-electron chi connectivity index (χ3n) is 6.63. The van der Waals surface area contributed by atoms with Crippen LogP contribution in [0, 0.1) is 0 Å². The third kappa shape index (κ3) is 6.53. The van der Waals surface area contributed by atoms with Crippen molar-refractivity contribution in [3.05, 3.63) is 131 Å². The maximum absolute atomic E-state index is 13.5. The van der Waals surface area contributed by atoms with Crippen LogP contribution in [0.25, 0.3) is 28.1 Å². The number of amides is 1. The molecule has 1 heterocycles. The molecule has 4 aromatic carbocycles. The maximum atomic E-state index is 13.5. The molecule has 0 spiro atoms. The summed E-state index contributed by atoms with van der Waals surface area (Å²) in [5.74, 6) is -2.01. The van der Waals surface area contributed by atoms with Crippen molar-refractivity contribution in [2.75, 3.05) is 0 Å². The van der Waals surface area contributed by atoms with Crippen LogP contribution in [0.3, 0.4) is 0 Å². The molecule has 5 rings (SSSR count). The fourth-order valence-corrected chi connectivity index (χ4v) is 4.55. The number of benzene rings is 4. The molecule has 0 radical (unpaired) electrons. The number of aromatic nitrogens is 2. The SMILES string of the molecule is O=C(NC(Cc1ccc(Cl)cc1)C(=O)O)c1cc(-c2ccc(-c3ccccc3)cc2)nn1-c1ccc(C(F)(F)F)cc1. The zero-order valence-electron chi connectivity index (χ0n) is 21.8. The Balaban J connectivity index is 1.49. The summed E-state index contributed by atoms with van der Waals surface area (Å²) in [7, 11) is 0. The Morgan fingerprint density at radius 1 is 0.833 bits per heavy atom. The molecule has 212 valence electrons. The van der Waals surface area contributed by atoms with Gasteiger partial charge >= 0.3 is 12.1 Å². The summed E-state index contributed by atoms with van der Waals surface area (Å²) in [6.07, 6.45) is -4.55. The summed E-state index contributed by atoms with van der Waals surface area (Å²) < 4.78 is 40.7. The Morgan fingerprint density at radius 2 is 1.43 bits per heavy atom. The molecule has 1 atom stereocenters. The zero-order chi connectivity index (χ0) is 29.9. The van der Waals surface area contributed by atoms with E-state index >= 15 is 0 Å². The van der Waals surface area contributed by atoms with E-state index in [0.29, 0.717) is 21.8 Å². The fourth-order valence-electron chi connectivity index (χ4n) is 4.42. The molecular weight excluding hydrogens is 567 g/mol. The number of aliphatic carboxylic acids is 1. The van der Waals surface area contributed by atoms with Gasteiger partial charge in [0.25, 0.3) is 5.91 Å². The van der Waals surface area contributed by atoms with Crippen molar-refractivity contribution in [2.45, 2.75) is 18.6 Å². The van der Waals surface area contributed by atoms with Gasteiger partial charge in [0.2, 0.25) is 0 Å². The third-order valence-corrected chi connectivity index (χ3v) is 6.88. The van der Waals surface area contributed by atoms with Gasteiger partial charge in [0.15, 0.2) is 0 Å². The summed E-state index contributed by atoms with van der Waals surface area (Å²) in [6, 6.07) is 28.1. The number of nitrogens with one attached hydrogen (secondary N) is 1. The van der Waals surface area contributed by atoms with Gasteiger partial charge in [-0.05, 0) is 59.2 Å². The largest absolute Gasteiger partial charge is 0.480 e. The summed E-state index contributed by atoms with van der Waals surface area (Å²) in [5.41, 5.74) is 2.96. The monoisotopic (exact) mass is 589 g/mol. The number of hydrogen-bond donors (Lipinski definition) is 2. The summed E-state index contributed by atoms with van der Waals surface area (Å²) >= 11 is 5.92. The molecule has 10 heteroatoms. The van der Waals surface area contributed by atoms with Gasteiger partial charge in [-0.3, -0.25) is 4.79 Å². The van der Waals surface area contributed by atoms with Crippen LogP contribution >= 0.6 is 11.6 Å². The Morgan fingerprint density at radius 3 is 2.02 bits per heavy atom. The van der Waals surface area contributed by atoms with Gasteiger partial charge in [-0.15, -0.1) is 0 Å². The van der Waals surface area contributed by atoms with E-state index in [0.717, 1.165) is 23.3 Å². The highest BCUT2D eigenvalue weighted by molar-refractivity contribution is 6.30. The lowest BCUT2D eigenvalue weighted by molar-refractivity contribution is -0.139. The predicted octanol–water partition coefficient (Wildman–Crippen LogP) is 7.30. The Kier molecular flexibility index (Phi) is 8.13. The van der Waals surface area contributed by atoms with Crippen LogP contribution in [-0.4, -0.2) is 32.8 Å². The first-order valence-corrected chi connectivity index (χ1v) is 13.2. The summed E-state index contributed by atoms with van der Waals surface area (Å²) in [5, 5.41) is 17.3. The van der Waals surface area contributed by atoms with Crippen molar-refractivity contribution in [2.24, 2.45) is 0 Å². The van der Waals surface area contributed by atoms with E-state index in [9.17, 15) is 27.9 Å². The molecule has 0 saturated carbocycles. The van der Waals surface area contributed by atoms with Crippen molar-refractivity contribution < 1.29 is 27.9 Å². The molecule has 42 heavy (non-hydrogen) atoms. The second-order valence-corrected chi connectivity index (χ2v) is 9.95. The molecule has 1 unspecified atom stereocenters. The predicted molar refractivity (Wildman–Crippen MR) is 153 cm³/mol. The first-order valence-electron chi connectivity index (χ1n) is 12.8. The van der Waals surface area contributed by atoms with Crippen molar-refractivity contribution >= 4 is 23.5 Å². The molecule has 1 aromatic heterocycles. The Hall–Kier alpha value is -4.89. The van der Waals surface area contributed by atoms with E-state index in [2.05, 4.69) is 10.4 Å². The zero-order valence-corrected chi connectivity index (χ0v) is 22.6. The van der Waals surface area contributed by atoms with E-state index < -0.39 is 29.7 Å². The number of hydrogen-bond acceptors (Lipinski definition) is 3. The van der Waals surface area contributed by atoms with E-state index in [4.69, 9.17) is 11.6 Å². The van der Waals surface area contributed by atoms with Gasteiger partial charge in [0.1, 0.15) is 11.7 Å². The molecular formula is C32H23ClF3N3O3. The topological polar surface area (TPSA) is 84.2 Å². The van der Waals surface area contributed by atoms with Gasteiger partial charge in [0, 0.05) is 17.0 Å². The number of carboxylic acid groups (broad SMARTS) is 1. The van der Waals surface area contributed by atoms with Crippen LogP contribution in [0.1, 0.15) is 21.6 Å². The van der Waals surface area contributed by atoms with Crippen LogP contribution in [0.5, 0.6) is 0 Å². The van der Waals surface area contributed by atoms with Crippen LogP contribution in [0.15, 0.2) is 109 Å². The van der Waals surface area contributed by atoms with Crippen molar-refractivity contribution in [1.29, 1.82) is 0 Å². The molecule has 0 aliphatic rings. The first-order chi connectivity index (χ1) is 20.1. The number of rotatable bonds is 8. The molecule has 0 fully saturated rings. The quantitative estimate of drug-likeness (QED) is 0.199. The molecule has 6 nitrogen and oxygen atoms in total. The van der Waals surface area contributed by atoms with Gasteiger partial charge in [0.05, 0.1) is 16.9 Å². The van der Waals surface area contributed by atoms with Crippen LogP contribution in [0.4, 0.5) is 13.2 Å². The summed E-state index contributed by atoms with van der Waals surface area (Å²) in [4.78, 5) is 25.5. The number of carbonyl (C=O) groups excluding carboxylic acids is 1. The van der Waals surface area contributed by atoms with Crippen molar-refractivity contribution in [3.63, 3.8) is 0 Å².